The number of carbonyl (C=O) groups is 2. The van der Waals surface area contributed by atoms with Gasteiger partial charge in [0.2, 0.25) is 11.8 Å². The number of rotatable bonds is 6. The van der Waals surface area contributed by atoms with E-state index in [0.29, 0.717) is 17.8 Å². The van der Waals surface area contributed by atoms with Crippen molar-refractivity contribution in [2.24, 2.45) is 0 Å². The standard InChI is InChI=1S/C21H27N3O2/c1-14-6-7-18(22-21(26)13-24(4)5)19(11-14)23-20(25)12-17-9-15(2)8-16(3)10-17/h6-11H,12-13H2,1-5H3,(H,22,26)(H,23,25). The van der Waals surface area contributed by atoms with Crippen LogP contribution >= 0.6 is 0 Å². The van der Waals surface area contributed by atoms with E-state index in [0.717, 1.165) is 22.3 Å². The molecule has 0 unspecified atom stereocenters. The van der Waals surface area contributed by atoms with Crippen molar-refractivity contribution in [1.82, 2.24) is 4.90 Å². The molecule has 0 aromatic heterocycles. The van der Waals surface area contributed by atoms with Crippen LogP contribution in [0.4, 0.5) is 11.4 Å². The van der Waals surface area contributed by atoms with Crippen molar-refractivity contribution >= 4 is 23.2 Å². The second-order valence-electron chi connectivity index (χ2n) is 7.06. The van der Waals surface area contributed by atoms with Crippen molar-refractivity contribution in [3.8, 4) is 0 Å². The van der Waals surface area contributed by atoms with Gasteiger partial charge in [-0.05, 0) is 58.1 Å². The van der Waals surface area contributed by atoms with E-state index in [1.165, 1.54) is 0 Å². The highest BCUT2D eigenvalue weighted by molar-refractivity contribution is 6.00. The Balaban J connectivity index is 2.13. The molecule has 2 amide bonds. The number of hydrogen-bond acceptors (Lipinski definition) is 3. The summed E-state index contributed by atoms with van der Waals surface area (Å²) >= 11 is 0. The molecule has 2 N–H and O–H groups in total. The Morgan fingerprint density at radius 3 is 2.04 bits per heavy atom. The van der Waals surface area contributed by atoms with E-state index < -0.39 is 0 Å². The molecule has 0 bridgehead atoms. The number of carbonyl (C=O) groups excluding carboxylic acids is 2. The Labute approximate surface area is 155 Å². The van der Waals surface area contributed by atoms with Gasteiger partial charge in [0.25, 0.3) is 0 Å². The molecular formula is C21H27N3O2. The molecule has 0 aliphatic carbocycles. The van der Waals surface area contributed by atoms with Crippen LogP contribution in [0.3, 0.4) is 0 Å². The Hall–Kier alpha value is -2.66. The number of nitrogens with zero attached hydrogens (tertiary/aromatic N) is 1. The van der Waals surface area contributed by atoms with Crippen LogP contribution in [0.2, 0.25) is 0 Å². The highest BCUT2D eigenvalue weighted by Gasteiger charge is 2.11. The lowest BCUT2D eigenvalue weighted by Gasteiger charge is -2.15. The van der Waals surface area contributed by atoms with Crippen LogP contribution in [0, 0.1) is 20.8 Å². The molecule has 0 radical (unpaired) electrons. The molecular weight excluding hydrogens is 326 g/mol. The number of aryl methyl sites for hydroxylation is 3. The molecule has 2 aromatic carbocycles. The second kappa shape index (κ2) is 8.63. The Morgan fingerprint density at radius 1 is 0.808 bits per heavy atom. The van der Waals surface area contributed by atoms with Crippen molar-refractivity contribution in [2.45, 2.75) is 27.2 Å². The monoisotopic (exact) mass is 353 g/mol. The molecule has 2 aromatic rings. The van der Waals surface area contributed by atoms with E-state index >= 15 is 0 Å². The van der Waals surface area contributed by atoms with Crippen LogP contribution in [0.15, 0.2) is 36.4 Å². The van der Waals surface area contributed by atoms with Gasteiger partial charge in [-0.2, -0.15) is 0 Å². The summed E-state index contributed by atoms with van der Waals surface area (Å²) in [5.74, 6) is -0.229. The maximum atomic E-state index is 12.5. The van der Waals surface area contributed by atoms with Gasteiger partial charge >= 0.3 is 0 Å². The van der Waals surface area contributed by atoms with Crippen molar-refractivity contribution < 1.29 is 9.59 Å². The van der Waals surface area contributed by atoms with Crippen molar-refractivity contribution in [2.75, 3.05) is 31.3 Å². The molecule has 0 atom stereocenters. The maximum Gasteiger partial charge on any atom is 0.238 e. The summed E-state index contributed by atoms with van der Waals surface area (Å²) in [7, 11) is 3.67. The van der Waals surface area contributed by atoms with E-state index in [4.69, 9.17) is 0 Å². The van der Waals surface area contributed by atoms with Crippen LogP contribution in [-0.2, 0) is 16.0 Å². The fourth-order valence-electron chi connectivity index (χ4n) is 2.90. The molecule has 0 aliphatic rings. The molecule has 2 rings (SSSR count). The minimum absolute atomic E-state index is 0.108. The Morgan fingerprint density at radius 2 is 1.42 bits per heavy atom. The first-order chi connectivity index (χ1) is 12.2. The SMILES string of the molecule is Cc1cc(C)cc(CC(=O)Nc2cc(C)ccc2NC(=O)CN(C)C)c1. The molecule has 5 heteroatoms. The number of hydrogen-bond donors (Lipinski definition) is 2. The van der Waals surface area contributed by atoms with Crippen LogP contribution in [0.25, 0.3) is 0 Å². The fraction of sp³-hybridized carbons (Fsp3) is 0.333. The number of nitrogens with one attached hydrogen (secondary N) is 2. The summed E-state index contributed by atoms with van der Waals surface area (Å²) in [5.41, 5.74) is 5.49. The summed E-state index contributed by atoms with van der Waals surface area (Å²) in [6.45, 7) is 6.27. The van der Waals surface area contributed by atoms with Crippen LogP contribution in [0.1, 0.15) is 22.3 Å². The molecule has 0 saturated carbocycles. The molecule has 0 spiro atoms. The van der Waals surface area contributed by atoms with Crippen LogP contribution < -0.4 is 10.6 Å². The molecule has 0 heterocycles. The fourth-order valence-corrected chi connectivity index (χ4v) is 2.90. The van der Waals surface area contributed by atoms with Gasteiger partial charge in [-0.15, -0.1) is 0 Å². The first kappa shape index (κ1) is 19.7. The predicted octanol–water partition coefficient (Wildman–Crippen LogP) is 3.29. The second-order valence-corrected chi connectivity index (χ2v) is 7.06. The zero-order valence-corrected chi connectivity index (χ0v) is 16.1. The smallest absolute Gasteiger partial charge is 0.238 e. The molecule has 0 saturated heterocycles. The van der Waals surface area contributed by atoms with Gasteiger partial charge in [0.15, 0.2) is 0 Å². The molecule has 0 fully saturated rings. The van der Waals surface area contributed by atoms with Gasteiger partial charge in [0, 0.05) is 0 Å². The number of likely N-dealkylation sites (N-methyl/N-ethyl adjacent to an activating group) is 1. The first-order valence-electron chi connectivity index (χ1n) is 8.65. The molecule has 5 nitrogen and oxygen atoms in total. The lowest BCUT2D eigenvalue weighted by Crippen LogP contribution is -2.27. The zero-order valence-electron chi connectivity index (χ0n) is 16.1. The van der Waals surface area contributed by atoms with Gasteiger partial charge in [-0.25, -0.2) is 0 Å². The highest BCUT2D eigenvalue weighted by atomic mass is 16.2. The summed E-state index contributed by atoms with van der Waals surface area (Å²) in [5, 5.41) is 5.79. The maximum absolute atomic E-state index is 12.5. The third-order valence-electron chi connectivity index (χ3n) is 3.83. The average molecular weight is 353 g/mol. The summed E-state index contributed by atoms with van der Waals surface area (Å²) in [4.78, 5) is 26.3. The summed E-state index contributed by atoms with van der Waals surface area (Å²) in [6, 6.07) is 11.7. The van der Waals surface area contributed by atoms with Gasteiger partial charge < -0.3 is 15.5 Å². The minimum atomic E-state index is -0.122. The Bertz CT molecular complexity index is 793. The van der Waals surface area contributed by atoms with Crippen LogP contribution in [-0.4, -0.2) is 37.4 Å². The molecule has 26 heavy (non-hydrogen) atoms. The quantitative estimate of drug-likeness (QED) is 0.838. The van der Waals surface area contributed by atoms with Gasteiger partial charge in [0.05, 0.1) is 24.3 Å². The van der Waals surface area contributed by atoms with Gasteiger partial charge in [-0.3, -0.25) is 9.59 Å². The predicted molar refractivity (Wildman–Crippen MR) is 107 cm³/mol. The molecule has 0 aliphatic heterocycles. The molecule has 138 valence electrons. The summed E-state index contributed by atoms with van der Waals surface area (Å²) in [6.07, 6.45) is 0.293. The lowest BCUT2D eigenvalue weighted by atomic mass is 10.0. The normalized spacial score (nSPS) is 10.7. The summed E-state index contributed by atoms with van der Waals surface area (Å²) < 4.78 is 0. The van der Waals surface area contributed by atoms with Gasteiger partial charge in [0.1, 0.15) is 0 Å². The van der Waals surface area contributed by atoms with E-state index in [1.807, 2.05) is 65.2 Å². The largest absolute Gasteiger partial charge is 0.324 e. The number of benzene rings is 2. The van der Waals surface area contributed by atoms with E-state index in [-0.39, 0.29) is 18.4 Å². The first-order valence-corrected chi connectivity index (χ1v) is 8.65. The van der Waals surface area contributed by atoms with E-state index in [1.54, 1.807) is 4.90 Å². The van der Waals surface area contributed by atoms with Gasteiger partial charge in [-0.1, -0.05) is 35.4 Å². The topological polar surface area (TPSA) is 61.4 Å². The van der Waals surface area contributed by atoms with Crippen LogP contribution in [0.5, 0.6) is 0 Å². The van der Waals surface area contributed by atoms with Crippen molar-refractivity contribution in [3.63, 3.8) is 0 Å². The third-order valence-corrected chi connectivity index (χ3v) is 3.83. The van der Waals surface area contributed by atoms with Crippen molar-refractivity contribution in [3.05, 3.63) is 58.7 Å². The van der Waals surface area contributed by atoms with E-state index in [2.05, 4.69) is 16.7 Å². The third kappa shape index (κ3) is 6.01. The Kier molecular flexibility index (Phi) is 6.52. The zero-order chi connectivity index (χ0) is 19.3. The highest BCUT2D eigenvalue weighted by Crippen LogP contribution is 2.23. The average Bonchev–Trinajstić information content (AvgIpc) is 2.48. The lowest BCUT2D eigenvalue weighted by molar-refractivity contribution is -0.117. The number of anilines is 2. The van der Waals surface area contributed by atoms with Crippen molar-refractivity contribution in [1.29, 1.82) is 0 Å². The minimum Gasteiger partial charge on any atom is -0.324 e. The van der Waals surface area contributed by atoms with E-state index in [9.17, 15) is 9.59 Å². The number of amides is 2.